The number of hydrogen-bond donors (Lipinski definition) is 2. The van der Waals surface area contributed by atoms with E-state index in [1.54, 1.807) is 6.07 Å². The average molecular weight is 538 g/mol. The number of aldehydes is 1. The van der Waals surface area contributed by atoms with E-state index < -0.39 is 21.5 Å². The van der Waals surface area contributed by atoms with Gasteiger partial charge in [-0.25, -0.2) is 4.39 Å². The van der Waals surface area contributed by atoms with E-state index in [0.717, 1.165) is 23.2 Å². The molecule has 2 N–H and O–H groups in total. The summed E-state index contributed by atoms with van der Waals surface area (Å²) in [4.78, 5) is 12.2. The fourth-order valence-electron chi connectivity index (χ4n) is 4.19. The van der Waals surface area contributed by atoms with Crippen molar-refractivity contribution in [3.05, 3.63) is 99.8 Å². The van der Waals surface area contributed by atoms with Gasteiger partial charge < -0.3 is 15.4 Å². The summed E-state index contributed by atoms with van der Waals surface area (Å²) in [5, 5.41) is 7.04. The molecular formula is C26H21Cl4FN2O. The molecule has 1 fully saturated rings. The fourth-order valence-corrected chi connectivity index (χ4v) is 5.57. The number of carbonyl (C=O) groups is 1. The van der Waals surface area contributed by atoms with Crippen LogP contribution in [-0.2, 0) is 4.79 Å². The zero-order valence-electron chi connectivity index (χ0n) is 18.1. The molecule has 0 aromatic heterocycles. The average Bonchev–Trinajstić information content (AvgIpc) is 3.31. The van der Waals surface area contributed by atoms with E-state index in [1.807, 2.05) is 49.4 Å². The lowest BCUT2D eigenvalue weighted by Crippen LogP contribution is -2.23. The van der Waals surface area contributed by atoms with Crippen LogP contribution in [0.1, 0.15) is 22.6 Å². The van der Waals surface area contributed by atoms with Crippen LogP contribution in [0.4, 0.5) is 15.8 Å². The molecule has 2 unspecified atom stereocenters. The number of benzene rings is 3. The molecule has 0 radical (unpaired) electrons. The molecule has 0 saturated heterocycles. The van der Waals surface area contributed by atoms with Crippen molar-refractivity contribution in [3.8, 4) is 0 Å². The Labute approximate surface area is 217 Å². The predicted octanol–water partition coefficient (Wildman–Crippen LogP) is 8.09. The highest BCUT2D eigenvalue weighted by atomic mass is 35.5. The van der Waals surface area contributed by atoms with Crippen LogP contribution in [0.15, 0.2) is 67.2 Å². The van der Waals surface area contributed by atoms with Gasteiger partial charge in [0.1, 0.15) is 16.4 Å². The first-order valence-corrected chi connectivity index (χ1v) is 12.0. The van der Waals surface area contributed by atoms with Crippen molar-refractivity contribution < 1.29 is 9.18 Å². The molecule has 1 aliphatic rings. The van der Waals surface area contributed by atoms with Crippen LogP contribution in [0.25, 0.3) is 5.70 Å². The molecule has 0 amide bonds. The summed E-state index contributed by atoms with van der Waals surface area (Å²) in [5.74, 6) is -1.10. The van der Waals surface area contributed by atoms with Crippen LogP contribution in [-0.4, -0.2) is 17.2 Å². The van der Waals surface area contributed by atoms with Crippen molar-refractivity contribution in [1.82, 2.24) is 0 Å². The van der Waals surface area contributed by atoms with E-state index in [-0.39, 0.29) is 11.6 Å². The molecule has 1 saturated carbocycles. The van der Waals surface area contributed by atoms with E-state index in [9.17, 15) is 9.18 Å². The zero-order chi connectivity index (χ0) is 24.7. The van der Waals surface area contributed by atoms with Crippen LogP contribution >= 0.6 is 46.4 Å². The second-order valence-electron chi connectivity index (χ2n) is 8.37. The third kappa shape index (κ3) is 4.40. The molecular weight excluding hydrogens is 517 g/mol. The number of aryl methyl sites for hydroxylation is 1. The van der Waals surface area contributed by atoms with Crippen LogP contribution in [0.3, 0.4) is 0 Å². The quantitative estimate of drug-likeness (QED) is 0.225. The Morgan fingerprint density at radius 1 is 1.09 bits per heavy atom. The lowest BCUT2D eigenvalue weighted by Gasteiger charge is -2.18. The summed E-state index contributed by atoms with van der Waals surface area (Å²) < 4.78 is 12.3. The fraction of sp³-hybridized carbons (Fsp3) is 0.192. The first kappa shape index (κ1) is 24.9. The Morgan fingerprint density at radius 2 is 1.79 bits per heavy atom. The van der Waals surface area contributed by atoms with Crippen LogP contribution in [0.2, 0.25) is 10.0 Å². The van der Waals surface area contributed by atoms with E-state index in [2.05, 4.69) is 17.2 Å². The number of rotatable bonds is 8. The van der Waals surface area contributed by atoms with E-state index in [0.29, 0.717) is 21.8 Å². The summed E-state index contributed by atoms with van der Waals surface area (Å²) in [6.45, 7) is 6.17. The Balaban J connectivity index is 1.57. The largest absolute Gasteiger partial charge is 0.384 e. The van der Waals surface area contributed by atoms with Gasteiger partial charge in [0.25, 0.3) is 0 Å². The topological polar surface area (TPSA) is 41.1 Å². The van der Waals surface area contributed by atoms with Crippen LogP contribution in [0.5, 0.6) is 0 Å². The van der Waals surface area contributed by atoms with Gasteiger partial charge in [-0.1, -0.05) is 77.2 Å². The first-order chi connectivity index (χ1) is 16.1. The van der Waals surface area contributed by atoms with Crippen LogP contribution in [0, 0.1) is 18.2 Å². The lowest BCUT2D eigenvalue weighted by atomic mass is 10.00. The summed E-state index contributed by atoms with van der Waals surface area (Å²) in [6.07, 6.45) is 0.751. The maximum absolute atomic E-state index is 13.6. The molecule has 3 aromatic carbocycles. The number of nitrogens with one attached hydrogen (secondary N) is 2. The summed E-state index contributed by atoms with van der Waals surface area (Å²) in [6, 6.07) is 17.6. The normalized spacial score (nSPS) is 20.5. The number of carbonyl (C=O) groups excluding carboxylic acids is 1. The highest BCUT2D eigenvalue weighted by Gasteiger charge is 2.76. The maximum atomic E-state index is 13.6. The number of anilines is 2. The molecule has 0 bridgehead atoms. The molecule has 0 aliphatic heterocycles. The van der Waals surface area contributed by atoms with Crippen molar-refractivity contribution in [1.29, 1.82) is 0 Å². The SMILES string of the molecule is C=C(Nc1ccccc1)c1cc(NCC2(C=O)C(c3ccc(F)c(Cl)c3)C2(Cl)Cl)cc(C)c1Cl. The van der Waals surface area contributed by atoms with Gasteiger partial charge in [0.05, 0.1) is 15.5 Å². The molecule has 3 aromatic rings. The maximum Gasteiger partial charge on any atom is 0.141 e. The highest BCUT2D eigenvalue weighted by Crippen LogP contribution is 2.73. The Kier molecular flexibility index (Phi) is 6.90. The number of hydrogen-bond acceptors (Lipinski definition) is 3. The Morgan fingerprint density at radius 3 is 2.44 bits per heavy atom. The molecule has 0 heterocycles. The number of halogens is 5. The van der Waals surface area contributed by atoms with Gasteiger partial charge >= 0.3 is 0 Å². The van der Waals surface area contributed by atoms with E-state index in [4.69, 9.17) is 46.4 Å². The third-order valence-electron chi connectivity index (χ3n) is 6.14. The van der Waals surface area contributed by atoms with Crippen molar-refractivity contribution >= 4 is 69.8 Å². The second kappa shape index (κ2) is 9.43. The van der Waals surface area contributed by atoms with Gasteiger partial charge in [0.15, 0.2) is 0 Å². The smallest absolute Gasteiger partial charge is 0.141 e. The molecule has 2 atom stereocenters. The molecule has 34 heavy (non-hydrogen) atoms. The van der Waals surface area contributed by atoms with Gasteiger partial charge in [-0.3, -0.25) is 0 Å². The lowest BCUT2D eigenvalue weighted by molar-refractivity contribution is -0.112. The van der Waals surface area contributed by atoms with Gasteiger partial charge in [0, 0.05) is 35.1 Å². The van der Waals surface area contributed by atoms with Gasteiger partial charge in [-0.15, -0.1) is 0 Å². The predicted molar refractivity (Wildman–Crippen MR) is 141 cm³/mol. The van der Waals surface area contributed by atoms with E-state index in [1.165, 1.54) is 12.1 Å². The van der Waals surface area contributed by atoms with Crippen molar-refractivity contribution in [3.63, 3.8) is 0 Å². The van der Waals surface area contributed by atoms with Crippen molar-refractivity contribution in [2.75, 3.05) is 17.2 Å². The van der Waals surface area contributed by atoms with Gasteiger partial charge in [-0.2, -0.15) is 0 Å². The first-order valence-electron chi connectivity index (χ1n) is 10.4. The summed E-state index contributed by atoms with van der Waals surface area (Å²) in [7, 11) is 0. The van der Waals surface area contributed by atoms with Gasteiger partial charge in [-0.05, 0) is 54.4 Å². The minimum Gasteiger partial charge on any atom is -0.384 e. The Bertz CT molecular complexity index is 1270. The number of para-hydroxylation sites is 1. The highest BCUT2D eigenvalue weighted by molar-refractivity contribution is 6.54. The van der Waals surface area contributed by atoms with Crippen molar-refractivity contribution in [2.45, 2.75) is 17.2 Å². The third-order valence-corrected chi connectivity index (χ3v) is 8.07. The van der Waals surface area contributed by atoms with Crippen LogP contribution < -0.4 is 10.6 Å². The summed E-state index contributed by atoms with van der Waals surface area (Å²) >= 11 is 25.6. The standard InChI is InChI=1S/C26H21Cl4FN2O/c1-15-10-19(12-20(23(15)28)16(2)33-18-6-4-3-5-7-18)32-13-25(14-34)24(26(25,29)30)17-8-9-22(31)21(27)11-17/h3-12,14,24,32-33H,2,13H2,1H3. The molecule has 8 heteroatoms. The minimum atomic E-state index is -1.37. The molecule has 0 spiro atoms. The molecule has 1 aliphatic carbocycles. The van der Waals surface area contributed by atoms with E-state index >= 15 is 0 Å². The Hall–Kier alpha value is -2.24. The summed E-state index contributed by atoms with van der Waals surface area (Å²) in [5.41, 5.74) is 3.26. The molecule has 176 valence electrons. The van der Waals surface area contributed by atoms with Crippen molar-refractivity contribution in [2.24, 2.45) is 5.41 Å². The van der Waals surface area contributed by atoms with Gasteiger partial charge in [0.2, 0.25) is 0 Å². The number of alkyl halides is 2. The zero-order valence-corrected chi connectivity index (χ0v) is 21.2. The monoisotopic (exact) mass is 536 g/mol. The molecule has 3 nitrogen and oxygen atoms in total. The second-order valence-corrected chi connectivity index (χ2v) is 10.5. The molecule has 4 rings (SSSR count). The minimum absolute atomic E-state index is 0.0521.